The maximum Gasteiger partial charge on any atom is 0.320 e. The van der Waals surface area contributed by atoms with Crippen LogP contribution >= 0.6 is 35.0 Å². The van der Waals surface area contributed by atoms with E-state index in [1.165, 1.54) is 0 Å². The summed E-state index contributed by atoms with van der Waals surface area (Å²) < 4.78 is 0. The molecule has 0 bridgehead atoms. The van der Waals surface area contributed by atoms with Crippen LogP contribution in [0, 0.1) is 0 Å². The SMILES string of the molecule is O=C(O)[C@@H]1CCCN1CCSc1cc(Cl)ccc1Cl. The first-order valence-corrected chi connectivity index (χ1v) is 7.87. The molecule has 1 saturated heterocycles. The van der Waals surface area contributed by atoms with E-state index in [0.717, 1.165) is 36.6 Å². The zero-order valence-electron chi connectivity index (χ0n) is 10.3. The Morgan fingerprint density at radius 3 is 3.00 bits per heavy atom. The Hall–Kier alpha value is -0.420. The quantitative estimate of drug-likeness (QED) is 0.841. The number of aliphatic carboxylic acids is 1. The third-order valence-corrected chi connectivity index (χ3v) is 4.89. The Kier molecular flexibility index (Phi) is 5.39. The summed E-state index contributed by atoms with van der Waals surface area (Å²) in [5.74, 6) is 0.0902. The van der Waals surface area contributed by atoms with Gasteiger partial charge in [0.15, 0.2) is 0 Å². The van der Waals surface area contributed by atoms with Crippen molar-refractivity contribution in [3.63, 3.8) is 0 Å². The van der Waals surface area contributed by atoms with Crippen molar-refractivity contribution in [2.75, 3.05) is 18.8 Å². The molecular formula is C13H15Cl2NO2S. The molecule has 1 atom stereocenters. The van der Waals surface area contributed by atoms with Gasteiger partial charge in [0.2, 0.25) is 0 Å². The second-order valence-corrected chi connectivity index (χ2v) is 6.44. The average Bonchev–Trinajstić information content (AvgIpc) is 2.82. The minimum absolute atomic E-state index is 0.324. The summed E-state index contributed by atoms with van der Waals surface area (Å²) >= 11 is 13.6. The third-order valence-electron chi connectivity index (χ3n) is 3.18. The maximum atomic E-state index is 11.1. The van der Waals surface area contributed by atoms with E-state index in [0.29, 0.717) is 10.0 Å². The van der Waals surface area contributed by atoms with Gasteiger partial charge in [-0.25, -0.2) is 0 Å². The standard InChI is InChI=1S/C13H15Cl2NO2S/c14-9-3-4-10(15)12(8-9)19-7-6-16-5-1-2-11(16)13(17)18/h3-4,8,11H,1-2,5-7H2,(H,17,18)/t11-/m0/s1. The molecule has 1 aromatic rings. The van der Waals surface area contributed by atoms with E-state index in [4.69, 9.17) is 28.3 Å². The van der Waals surface area contributed by atoms with Crippen molar-refractivity contribution in [3.8, 4) is 0 Å². The van der Waals surface area contributed by atoms with Crippen molar-refractivity contribution < 1.29 is 9.90 Å². The number of nitrogens with zero attached hydrogens (tertiary/aromatic N) is 1. The molecule has 1 aromatic carbocycles. The average molecular weight is 320 g/mol. The summed E-state index contributed by atoms with van der Waals surface area (Å²) in [5, 5.41) is 10.4. The Morgan fingerprint density at radius 2 is 2.26 bits per heavy atom. The van der Waals surface area contributed by atoms with Gasteiger partial charge in [0.25, 0.3) is 0 Å². The van der Waals surface area contributed by atoms with Gasteiger partial charge < -0.3 is 5.11 Å². The van der Waals surface area contributed by atoms with Crippen LogP contribution in [0.4, 0.5) is 0 Å². The number of carboxylic acid groups (broad SMARTS) is 1. The molecule has 19 heavy (non-hydrogen) atoms. The highest BCUT2D eigenvalue weighted by molar-refractivity contribution is 7.99. The normalized spacial score (nSPS) is 19.8. The van der Waals surface area contributed by atoms with E-state index >= 15 is 0 Å². The molecule has 0 radical (unpaired) electrons. The fourth-order valence-corrected chi connectivity index (χ4v) is 3.71. The van der Waals surface area contributed by atoms with E-state index in [1.807, 2.05) is 11.0 Å². The summed E-state index contributed by atoms with van der Waals surface area (Å²) in [6.45, 7) is 1.62. The molecule has 1 N–H and O–H groups in total. The Bertz CT molecular complexity index is 470. The van der Waals surface area contributed by atoms with Gasteiger partial charge in [-0.3, -0.25) is 9.69 Å². The molecule has 0 aliphatic carbocycles. The van der Waals surface area contributed by atoms with Gasteiger partial charge in [-0.15, -0.1) is 11.8 Å². The maximum absolute atomic E-state index is 11.1. The largest absolute Gasteiger partial charge is 0.480 e. The lowest BCUT2D eigenvalue weighted by Crippen LogP contribution is -2.37. The summed E-state index contributed by atoms with van der Waals surface area (Å²) in [4.78, 5) is 14.0. The Labute approximate surface area is 126 Å². The van der Waals surface area contributed by atoms with Crippen molar-refractivity contribution in [1.29, 1.82) is 0 Å². The lowest BCUT2D eigenvalue weighted by molar-refractivity contribution is -0.142. The van der Waals surface area contributed by atoms with Gasteiger partial charge in [0.05, 0.1) is 5.02 Å². The molecule has 2 rings (SSSR count). The van der Waals surface area contributed by atoms with Crippen LogP contribution in [0.1, 0.15) is 12.8 Å². The molecule has 1 heterocycles. The number of rotatable bonds is 5. The summed E-state index contributed by atoms with van der Waals surface area (Å²) in [6.07, 6.45) is 1.71. The van der Waals surface area contributed by atoms with Gasteiger partial charge in [-0.2, -0.15) is 0 Å². The Morgan fingerprint density at radius 1 is 1.47 bits per heavy atom. The fourth-order valence-electron chi connectivity index (χ4n) is 2.23. The first-order valence-electron chi connectivity index (χ1n) is 6.12. The molecule has 0 amide bonds. The number of benzene rings is 1. The van der Waals surface area contributed by atoms with Gasteiger partial charge in [0, 0.05) is 22.2 Å². The zero-order chi connectivity index (χ0) is 13.8. The molecule has 6 heteroatoms. The van der Waals surface area contributed by atoms with Crippen LogP contribution in [0.3, 0.4) is 0 Å². The molecule has 1 aliphatic rings. The predicted molar refractivity (Wildman–Crippen MR) is 79.4 cm³/mol. The second-order valence-electron chi connectivity index (χ2n) is 4.46. The van der Waals surface area contributed by atoms with Crippen molar-refractivity contribution in [2.24, 2.45) is 0 Å². The minimum Gasteiger partial charge on any atom is -0.480 e. The molecule has 1 fully saturated rings. The van der Waals surface area contributed by atoms with Gasteiger partial charge in [-0.1, -0.05) is 23.2 Å². The molecule has 1 aliphatic heterocycles. The number of thioether (sulfide) groups is 1. The minimum atomic E-state index is -0.719. The highest BCUT2D eigenvalue weighted by atomic mass is 35.5. The molecular weight excluding hydrogens is 305 g/mol. The monoisotopic (exact) mass is 319 g/mol. The highest BCUT2D eigenvalue weighted by Crippen LogP contribution is 2.30. The summed E-state index contributed by atoms with van der Waals surface area (Å²) in [5.41, 5.74) is 0. The molecule has 0 saturated carbocycles. The fraction of sp³-hybridized carbons (Fsp3) is 0.462. The van der Waals surface area contributed by atoms with Crippen molar-refractivity contribution in [3.05, 3.63) is 28.2 Å². The van der Waals surface area contributed by atoms with Crippen LogP contribution in [0.25, 0.3) is 0 Å². The number of hydrogen-bond donors (Lipinski definition) is 1. The number of likely N-dealkylation sites (tertiary alicyclic amines) is 1. The number of hydrogen-bond acceptors (Lipinski definition) is 3. The van der Waals surface area contributed by atoms with Crippen LogP contribution < -0.4 is 0 Å². The summed E-state index contributed by atoms with van der Waals surface area (Å²) in [6, 6.07) is 5.06. The van der Waals surface area contributed by atoms with E-state index in [1.54, 1.807) is 23.9 Å². The van der Waals surface area contributed by atoms with E-state index < -0.39 is 5.97 Å². The van der Waals surface area contributed by atoms with Crippen molar-refractivity contribution >= 4 is 40.9 Å². The number of carbonyl (C=O) groups is 1. The van der Waals surface area contributed by atoms with Crippen LogP contribution in [0.2, 0.25) is 10.0 Å². The molecule has 0 spiro atoms. The van der Waals surface area contributed by atoms with Gasteiger partial charge in [0.1, 0.15) is 6.04 Å². The van der Waals surface area contributed by atoms with Crippen molar-refractivity contribution in [2.45, 2.75) is 23.8 Å². The first-order chi connectivity index (χ1) is 9.08. The lowest BCUT2D eigenvalue weighted by atomic mass is 10.2. The van der Waals surface area contributed by atoms with Gasteiger partial charge in [-0.05, 0) is 37.6 Å². The van der Waals surface area contributed by atoms with Crippen LogP contribution in [0.15, 0.2) is 23.1 Å². The molecule has 3 nitrogen and oxygen atoms in total. The van der Waals surface area contributed by atoms with E-state index in [2.05, 4.69) is 0 Å². The predicted octanol–water partition coefficient (Wildman–Crippen LogP) is 3.63. The van der Waals surface area contributed by atoms with Crippen molar-refractivity contribution in [1.82, 2.24) is 4.90 Å². The lowest BCUT2D eigenvalue weighted by Gasteiger charge is -2.20. The topological polar surface area (TPSA) is 40.5 Å². The molecule has 0 aromatic heterocycles. The number of carboxylic acids is 1. The van der Waals surface area contributed by atoms with Crippen LogP contribution in [0.5, 0.6) is 0 Å². The highest BCUT2D eigenvalue weighted by Gasteiger charge is 2.29. The zero-order valence-corrected chi connectivity index (χ0v) is 12.6. The molecule has 0 unspecified atom stereocenters. The van der Waals surface area contributed by atoms with Crippen LogP contribution in [-0.2, 0) is 4.79 Å². The van der Waals surface area contributed by atoms with E-state index in [-0.39, 0.29) is 6.04 Å². The third kappa shape index (κ3) is 4.02. The number of halogens is 2. The molecule has 104 valence electrons. The Balaban J connectivity index is 1.86. The smallest absolute Gasteiger partial charge is 0.320 e. The second kappa shape index (κ2) is 6.84. The van der Waals surface area contributed by atoms with E-state index in [9.17, 15) is 4.79 Å². The van der Waals surface area contributed by atoms with Crippen LogP contribution in [-0.4, -0.2) is 40.9 Å². The first kappa shape index (κ1) is 15.0. The van der Waals surface area contributed by atoms with Gasteiger partial charge >= 0.3 is 5.97 Å². The summed E-state index contributed by atoms with van der Waals surface area (Å²) in [7, 11) is 0.